The maximum Gasteiger partial charge on any atom is 0.217 e. The molecule has 2 N–H and O–H groups in total. The SMILES string of the molecule is Cc1ccc(Oc2cc(C)nn2C)c(C(N)=S)c1. The summed E-state index contributed by atoms with van der Waals surface area (Å²) in [5.74, 6) is 1.31. The number of nitrogens with two attached hydrogens (primary N) is 1. The third kappa shape index (κ3) is 2.51. The average Bonchev–Trinajstić information content (AvgIpc) is 2.60. The molecule has 0 atom stereocenters. The molecule has 1 aromatic carbocycles. The molecule has 0 aliphatic rings. The Kier molecular flexibility index (Phi) is 3.34. The second-order valence-corrected chi connectivity index (χ2v) is 4.65. The number of benzene rings is 1. The van der Waals surface area contributed by atoms with Crippen molar-refractivity contribution in [1.82, 2.24) is 9.78 Å². The quantitative estimate of drug-likeness (QED) is 0.862. The van der Waals surface area contributed by atoms with Gasteiger partial charge in [-0.05, 0) is 26.0 Å². The van der Waals surface area contributed by atoms with Gasteiger partial charge in [0.1, 0.15) is 10.7 Å². The van der Waals surface area contributed by atoms with E-state index in [2.05, 4.69) is 5.10 Å². The van der Waals surface area contributed by atoms with Gasteiger partial charge in [0.2, 0.25) is 5.88 Å². The van der Waals surface area contributed by atoms with Gasteiger partial charge in [-0.1, -0.05) is 23.8 Å². The molecule has 1 heterocycles. The molecule has 1 aromatic heterocycles. The van der Waals surface area contributed by atoms with Gasteiger partial charge in [0.25, 0.3) is 0 Å². The van der Waals surface area contributed by atoms with Gasteiger partial charge in [0.05, 0.1) is 11.3 Å². The minimum atomic E-state index is 0.326. The molecular weight excluding hydrogens is 246 g/mol. The molecule has 0 bridgehead atoms. The lowest BCUT2D eigenvalue weighted by Gasteiger charge is -2.10. The molecule has 0 amide bonds. The minimum Gasteiger partial charge on any atom is -0.439 e. The Labute approximate surface area is 111 Å². The predicted molar refractivity (Wildman–Crippen MR) is 75.1 cm³/mol. The maximum atomic E-state index is 5.81. The number of hydrogen-bond donors (Lipinski definition) is 1. The smallest absolute Gasteiger partial charge is 0.217 e. The van der Waals surface area contributed by atoms with Crippen LogP contribution in [0.1, 0.15) is 16.8 Å². The summed E-state index contributed by atoms with van der Waals surface area (Å²) in [6.45, 7) is 3.90. The zero-order chi connectivity index (χ0) is 13.3. The number of hydrogen-bond acceptors (Lipinski definition) is 3. The molecule has 2 aromatic rings. The number of aromatic nitrogens is 2. The lowest BCUT2D eigenvalue weighted by molar-refractivity contribution is 0.430. The van der Waals surface area contributed by atoms with Gasteiger partial charge in [0, 0.05) is 13.1 Å². The molecule has 0 aliphatic carbocycles. The van der Waals surface area contributed by atoms with Crippen molar-refractivity contribution in [3.63, 3.8) is 0 Å². The van der Waals surface area contributed by atoms with Crippen LogP contribution in [0, 0.1) is 13.8 Å². The summed E-state index contributed by atoms with van der Waals surface area (Å²) in [5.41, 5.74) is 8.44. The summed E-state index contributed by atoms with van der Waals surface area (Å²) in [6, 6.07) is 7.61. The summed E-state index contributed by atoms with van der Waals surface area (Å²) >= 11 is 5.04. The molecule has 0 radical (unpaired) electrons. The van der Waals surface area contributed by atoms with Gasteiger partial charge in [0.15, 0.2) is 0 Å². The van der Waals surface area contributed by atoms with E-state index in [1.807, 2.05) is 45.2 Å². The molecular formula is C13H15N3OS. The van der Waals surface area contributed by atoms with Crippen molar-refractivity contribution in [2.24, 2.45) is 12.8 Å². The van der Waals surface area contributed by atoms with Gasteiger partial charge in [-0.25, -0.2) is 4.68 Å². The Bertz CT molecular complexity index is 604. The van der Waals surface area contributed by atoms with Gasteiger partial charge < -0.3 is 10.5 Å². The Morgan fingerprint density at radius 2 is 2.06 bits per heavy atom. The van der Waals surface area contributed by atoms with Crippen LogP contribution in [-0.4, -0.2) is 14.8 Å². The fraction of sp³-hybridized carbons (Fsp3) is 0.231. The Balaban J connectivity index is 2.40. The first-order valence-electron chi connectivity index (χ1n) is 5.56. The van der Waals surface area contributed by atoms with Crippen LogP contribution >= 0.6 is 12.2 Å². The van der Waals surface area contributed by atoms with Crippen molar-refractivity contribution in [2.45, 2.75) is 13.8 Å². The summed E-state index contributed by atoms with van der Waals surface area (Å²) in [4.78, 5) is 0.326. The predicted octanol–water partition coefficient (Wildman–Crippen LogP) is 2.46. The largest absolute Gasteiger partial charge is 0.439 e. The number of nitrogens with zero attached hydrogens (tertiary/aromatic N) is 2. The molecule has 0 saturated heterocycles. The summed E-state index contributed by atoms with van der Waals surface area (Å²) in [6.07, 6.45) is 0. The highest BCUT2D eigenvalue weighted by molar-refractivity contribution is 7.80. The number of thiocarbonyl (C=S) groups is 1. The fourth-order valence-corrected chi connectivity index (χ4v) is 1.88. The standard InChI is InChI=1S/C13H15N3OS/c1-8-4-5-11(10(6-8)13(14)18)17-12-7-9(2)15-16(12)3/h4-7H,1-3H3,(H2,14,18). The van der Waals surface area contributed by atoms with Crippen LogP contribution in [-0.2, 0) is 7.05 Å². The lowest BCUT2D eigenvalue weighted by atomic mass is 10.1. The highest BCUT2D eigenvalue weighted by atomic mass is 32.1. The number of ether oxygens (including phenoxy) is 1. The van der Waals surface area contributed by atoms with Gasteiger partial charge in [-0.3, -0.25) is 0 Å². The lowest BCUT2D eigenvalue weighted by Crippen LogP contribution is -2.11. The van der Waals surface area contributed by atoms with Crippen LogP contribution in [0.2, 0.25) is 0 Å². The van der Waals surface area contributed by atoms with Gasteiger partial charge in [-0.2, -0.15) is 5.10 Å². The first-order valence-corrected chi connectivity index (χ1v) is 5.97. The highest BCUT2D eigenvalue weighted by Crippen LogP contribution is 2.26. The van der Waals surface area contributed by atoms with E-state index in [0.717, 1.165) is 16.8 Å². The first kappa shape index (κ1) is 12.6. The van der Waals surface area contributed by atoms with Crippen molar-refractivity contribution in [2.75, 3.05) is 0 Å². The van der Waals surface area contributed by atoms with Crippen LogP contribution < -0.4 is 10.5 Å². The normalized spacial score (nSPS) is 10.4. The fourth-order valence-electron chi connectivity index (χ4n) is 1.72. The summed E-state index contributed by atoms with van der Waals surface area (Å²) < 4.78 is 7.49. The molecule has 0 spiro atoms. The van der Waals surface area contributed by atoms with E-state index in [0.29, 0.717) is 16.6 Å². The zero-order valence-corrected chi connectivity index (χ0v) is 11.4. The Morgan fingerprint density at radius 3 is 2.61 bits per heavy atom. The van der Waals surface area contributed by atoms with E-state index in [9.17, 15) is 0 Å². The van der Waals surface area contributed by atoms with Gasteiger partial charge in [-0.15, -0.1) is 0 Å². The van der Waals surface area contributed by atoms with Crippen LogP contribution in [0.25, 0.3) is 0 Å². The molecule has 2 rings (SSSR count). The second-order valence-electron chi connectivity index (χ2n) is 4.21. The zero-order valence-electron chi connectivity index (χ0n) is 10.6. The maximum absolute atomic E-state index is 5.81. The molecule has 18 heavy (non-hydrogen) atoms. The van der Waals surface area contributed by atoms with Crippen LogP contribution in [0.5, 0.6) is 11.6 Å². The second kappa shape index (κ2) is 4.78. The molecule has 4 nitrogen and oxygen atoms in total. The van der Waals surface area contributed by atoms with E-state index in [1.165, 1.54) is 0 Å². The topological polar surface area (TPSA) is 53.1 Å². The molecule has 0 aliphatic heterocycles. The molecule has 0 fully saturated rings. The Hall–Kier alpha value is -1.88. The highest BCUT2D eigenvalue weighted by Gasteiger charge is 2.10. The number of rotatable bonds is 3. The van der Waals surface area contributed by atoms with Crippen LogP contribution in [0.4, 0.5) is 0 Å². The molecule has 0 saturated carbocycles. The van der Waals surface area contributed by atoms with Crippen LogP contribution in [0.3, 0.4) is 0 Å². The van der Waals surface area contributed by atoms with Crippen molar-refractivity contribution in [1.29, 1.82) is 0 Å². The third-order valence-electron chi connectivity index (χ3n) is 2.57. The van der Waals surface area contributed by atoms with Crippen molar-refractivity contribution < 1.29 is 4.74 Å². The van der Waals surface area contributed by atoms with Crippen molar-refractivity contribution >= 4 is 17.2 Å². The Morgan fingerprint density at radius 1 is 1.33 bits per heavy atom. The third-order valence-corrected chi connectivity index (χ3v) is 2.79. The molecule has 0 unspecified atom stereocenters. The average molecular weight is 261 g/mol. The van der Waals surface area contributed by atoms with E-state index in [-0.39, 0.29) is 0 Å². The van der Waals surface area contributed by atoms with Crippen molar-refractivity contribution in [3.8, 4) is 11.6 Å². The molecule has 94 valence electrons. The van der Waals surface area contributed by atoms with E-state index in [1.54, 1.807) is 4.68 Å². The van der Waals surface area contributed by atoms with Gasteiger partial charge >= 0.3 is 0 Å². The monoisotopic (exact) mass is 261 g/mol. The van der Waals surface area contributed by atoms with Crippen LogP contribution in [0.15, 0.2) is 24.3 Å². The van der Waals surface area contributed by atoms with E-state index in [4.69, 9.17) is 22.7 Å². The minimum absolute atomic E-state index is 0.326. The first-order chi connectivity index (χ1) is 8.47. The summed E-state index contributed by atoms with van der Waals surface area (Å²) in [7, 11) is 1.83. The number of aryl methyl sites for hydroxylation is 3. The van der Waals surface area contributed by atoms with Crippen molar-refractivity contribution in [3.05, 3.63) is 41.1 Å². The van der Waals surface area contributed by atoms with E-state index < -0.39 is 0 Å². The molecule has 5 heteroatoms. The van der Waals surface area contributed by atoms with E-state index >= 15 is 0 Å². The summed E-state index contributed by atoms with van der Waals surface area (Å²) in [5, 5.41) is 4.23.